The van der Waals surface area contributed by atoms with Crippen LogP contribution in [0.3, 0.4) is 0 Å². The maximum Gasteiger partial charge on any atom is 0.220 e. The van der Waals surface area contributed by atoms with Crippen LogP contribution in [0.2, 0.25) is 0 Å². The molecule has 0 radical (unpaired) electrons. The average Bonchev–Trinajstić information content (AvgIpc) is 3.00. The Labute approximate surface area is 137 Å². The molecule has 2 N–H and O–H groups in total. The zero-order valence-corrected chi connectivity index (χ0v) is 13.6. The molecule has 0 spiro atoms. The molecule has 0 bridgehead atoms. The summed E-state index contributed by atoms with van der Waals surface area (Å²) in [7, 11) is 1.59. The Morgan fingerprint density at radius 3 is 2.59 bits per heavy atom. The lowest BCUT2D eigenvalue weighted by molar-refractivity contribution is -0.121. The summed E-state index contributed by atoms with van der Waals surface area (Å²) in [6.07, 6.45) is 2.36. The third-order valence-corrected chi connectivity index (χ3v) is 3.65. The number of carbonyl (C=O) groups is 2. The van der Waals surface area contributed by atoms with Gasteiger partial charge in [0.1, 0.15) is 5.75 Å². The second-order valence-electron chi connectivity index (χ2n) is 5.26. The monoisotopic (exact) mass is 326 g/mol. The number of ether oxygens (including phenoxy) is 1. The van der Waals surface area contributed by atoms with Gasteiger partial charge in [-0.15, -0.1) is 12.4 Å². The van der Waals surface area contributed by atoms with E-state index in [-0.39, 0.29) is 30.1 Å². The van der Waals surface area contributed by atoms with Gasteiger partial charge in [-0.25, -0.2) is 0 Å². The Hall–Kier alpha value is -1.59. The van der Waals surface area contributed by atoms with Gasteiger partial charge in [0.2, 0.25) is 5.91 Å². The number of hydrogen-bond acceptors (Lipinski definition) is 4. The van der Waals surface area contributed by atoms with Crippen LogP contribution < -0.4 is 15.4 Å². The van der Waals surface area contributed by atoms with Crippen molar-refractivity contribution in [3.05, 3.63) is 29.8 Å². The van der Waals surface area contributed by atoms with Crippen molar-refractivity contribution in [2.24, 2.45) is 0 Å². The van der Waals surface area contributed by atoms with Crippen molar-refractivity contribution in [2.75, 3.05) is 20.2 Å². The summed E-state index contributed by atoms with van der Waals surface area (Å²) < 4.78 is 5.06. The number of benzene rings is 1. The van der Waals surface area contributed by atoms with Gasteiger partial charge in [0, 0.05) is 31.0 Å². The van der Waals surface area contributed by atoms with Crippen LogP contribution in [0.4, 0.5) is 0 Å². The number of halogens is 1. The van der Waals surface area contributed by atoms with E-state index >= 15 is 0 Å². The molecule has 5 nitrogen and oxygen atoms in total. The van der Waals surface area contributed by atoms with Crippen molar-refractivity contribution in [1.29, 1.82) is 0 Å². The molecule has 1 unspecified atom stereocenters. The van der Waals surface area contributed by atoms with Gasteiger partial charge in [0.25, 0.3) is 0 Å². The first-order valence-corrected chi connectivity index (χ1v) is 7.36. The maximum atomic E-state index is 12.0. The van der Waals surface area contributed by atoms with Crippen molar-refractivity contribution in [3.63, 3.8) is 0 Å². The molecule has 0 aromatic heterocycles. The van der Waals surface area contributed by atoms with Crippen LogP contribution in [0.15, 0.2) is 24.3 Å². The summed E-state index contributed by atoms with van der Waals surface area (Å²) in [5.74, 6) is 0.829. The zero-order chi connectivity index (χ0) is 15.1. The molecule has 22 heavy (non-hydrogen) atoms. The highest BCUT2D eigenvalue weighted by Gasteiger charge is 2.16. The van der Waals surface area contributed by atoms with Crippen molar-refractivity contribution >= 4 is 24.1 Å². The molecule has 1 saturated heterocycles. The topological polar surface area (TPSA) is 67.4 Å². The first-order valence-electron chi connectivity index (χ1n) is 7.36. The van der Waals surface area contributed by atoms with E-state index in [4.69, 9.17) is 4.74 Å². The number of nitrogens with one attached hydrogen (secondary N) is 2. The molecule has 6 heteroatoms. The molecule has 1 aliphatic rings. The lowest BCUT2D eigenvalue weighted by Crippen LogP contribution is -2.36. The number of hydrogen-bond donors (Lipinski definition) is 2. The van der Waals surface area contributed by atoms with E-state index in [1.165, 1.54) is 0 Å². The van der Waals surface area contributed by atoms with E-state index in [0.717, 1.165) is 25.3 Å². The Kier molecular flexibility index (Phi) is 7.91. The lowest BCUT2D eigenvalue weighted by Gasteiger charge is -2.10. The largest absolute Gasteiger partial charge is 0.497 e. The number of ketones is 1. The third kappa shape index (κ3) is 5.66. The molecule has 1 atom stereocenters. The van der Waals surface area contributed by atoms with E-state index in [2.05, 4.69) is 10.6 Å². The van der Waals surface area contributed by atoms with Crippen LogP contribution in [0.25, 0.3) is 0 Å². The van der Waals surface area contributed by atoms with Gasteiger partial charge in [-0.1, -0.05) is 0 Å². The van der Waals surface area contributed by atoms with Crippen LogP contribution in [0.1, 0.15) is 36.0 Å². The van der Waals surface area contributed by atoms with Crippen molar-refractivity contribution in [2.45, 2.75) is 31.7 Å². The first-order chi connectivity index (χ1) is 10.2. The fourth-order valence-corrected chi connectivity index (χ4v) is 2.41. The molecular formula is C16H23ClN2O3. The van der Waals surface area contributed by atoms with Gasteiger partial charge >= 0.3 is 0 Å². The third-order valence-electron chi connectivity index (χ3n) is 3.65. The first kappa shape index (κ1) is 18.5. The van der Waals surface area contributed by atoms with Crippen LogP contribution >= 0.6 is 12.4 Å². The van der Waals surface area contributed by atoms with Crippen molar-refractivity contribution in [3.8, 4) is 5.75 Å². The molecule has 0 saturated carbocycles. The van der Waals surface area contributed by atoms with Crippen molar-refractivity contribution < 1.29 is 14.3 Å². The van der Waals surface area contributed by atoms with Crippen LogP contribution in [-0.2, 0) is 4.79 Å². The number of carbonyl (C=O) groups excluding carboxylic acids is 2. The Balaban J connectivity index is 0.00000242. The van der Waals surface area contributed by atoms with Gasteiger partial charge in [-0.05, 0) is 43.7 Å². The number of methoxy groups -OCH3 is 1. The molecular weight excluding hydrogens is 304 g/mol. The lowest BCUT2D eigenvalue weighted by atomic mass is 10.1. The second kappa shape index (κ2) is 9.43. The average molecular weight is 327 g/mol. The number of rotatable bonds is 7. The van der Waals surface area contributed by atoms with Gasteiger partial charge < -0.3 is 15.4 Å². The van der Waals surface area contributed by atoms with Gasteiger partial charge in [-0.2, -0.15) is 0 Å². The fourth-order valence-electron chi connectivity index (χ4n) is 2.41. The summed E-state index contributed by atoms with van der Waals surface area (Å²) >= 11 is 0. The highest BCUT2D eigenvalue weighted by atomic mass is 35.5. The minimum absolute atomic E-state index is 0. The highest BCUT2D eigenvalue weighted by Crippen LogP contribution is 2.13. The summed E-state index contributed by atoms with van der Waals surface area (Å²) in [6.45, 7) is 1.80. The van der Waals surface area contributed by atoms with E-state index < -0.39 is 0 Å². The fraction of sp³-hybridized carbons (Fsp3) is 0.500. The minimum Gasteiger partial charge on any atom is -0.497 e. The zero-order valence-electron chi connectivity index (χ0n) is 12.8. The molecule has 1 aliphatic heterocycles. The second-order valence-corrected chi connectivity index (χ2v) is 5.26. The predicted octanol–water partition coefficient (Wildman–Crippen LogP) is 1.95. The van der Waals surface area contributed by atoms with E-state index in [1.807, 2.05) is 0 Å². The van der Waals surface area contributed by atoms with Gasteiger partial charge in [-0.3, -0.25) is 9.59 Å². The molecule has 1 aromatic rings. The number of Topliss-reactive ketones (excluding diaryl/α,β-unsaturated/α-hetero) is 1. The van der Waals surface area contributed by atoms with Crippen LogP contribution in [0, 0.1) is 0 Å². The smallest absolute Gasteiger partial charge is 0.220 e. The normalized spacial score (nSPS) is 16.7. The van der Waals surface area contributed by atoms with Gasteiger partial charge in [0.15, 0.2) is 5.78 Å². The molecule has 1 fully saturated rings. The van der Waals surface area contributed by atoms with Gasteiger partial charge in [0.05, 0.1) is 7.11 Å². The molecule has 0 aliphatic carbocycles. The minimum atomic E-state index is 0. The van der Waals surface area contributed by atoms with E-state index in [1.54, 1.807) is 31.4 Å². The Morgan fingerprint density at radius 1 is 1.27 bits per heavy atom. The predicted molar refractivity (Wildman–Crippen MR) is 87.8 cm³/mol. The standard InChI is InChI=1S/C16H22N2O3.ClH/c1-21-14-7-5-12(6-8-14)15(19)3-2-4-16(20)18-13-9-10-17-11-13;/h5-8,13,17H,2-4,9-11H2,1H3,(H,18,20);1H. The molecule has 122 valence electrons. The SMILES string of the molecule is COc1ccc(C(=O)CCCC(=O)NC2CCNC2)cc1.Cl. The van der Waals surface area contributed by atoms with Crippen molar-refractivity contribution in [1.82, 2.24) is 10.6 Å². The summed E-state index contributed by atoms with van der Waals surface area (Å²) in [6, 6.07) is 7.30. The Morgan fingerprint density at radius 2 is 2.00 bits per heavy atom. The number of amides is 1. The summed E-state index contributed by atoms with van der Waals surface area (Å²) in [5.41, 5.74) is 0.663. The van der Waals surface area contributed by atoms with E-state index in [9.17, 15) is 9.59 Å². The summed E-state index contributed by atoms with van der Waals surface area (Å²) in [5, 5.41) is 6.18. The maximum absolute atomic E-state index is 12.0. The Bertz CT molecular complexity index is 485. The quantitative estimate of drug-likeness (QED) is 0.752. The van der Waals surface area contributed by atoms with E-state index in [0.29, 0.717) is 24.8 Å². The van der Waals surface area contributed by atoms with Crippen LogP contribution in [-0.4, -0.2) is 37.9 Å². The molecule has 1 amide bonds. The van der Waals surface area contributed by atoms with Crippen LogP contribution in [0.5, 0.6) is 5.75 Å². The summed E-state index contributed by atoms with van der Waals surface area (Å²) in [4.78, 5) is 23.7. The molecule has 1 heterocycles. The molecule has 1 aromatic carbocycles. The highest BCUT2D eigenvalue weighted by molar-refractivity contribution is 5.96. The molecule has 2 rings (SSSR count).